The zero-order valence-corrected chi connectivity index (χ0v) is 8.63. The lowest BCUT2D eigenvalue weighted by molar-refractivity contribution is 1.05. The Balaban J connectivity index is 2.70. The van der Waals surface area contributed by atoms with E-state index in [0.717, 1.165) is 21.8 Å². The minimum atomic E-state index is 0.493. The first-order valence-electron chi connectivity index (χ1n) is 3.87. The number of hydrogen-bond donors (Lipinski definition) is 2. The second-order valence-electron chi connectivity index (χ2n) is 2.44. The number of H-pyrrole nitrogens is 2. The van der Waals surface area contributed by atoms with Crippen LogP contribution in [0.2, 0.25) is 0 Å². The van der Waals surface area contributed by atoms with Crippen molar-refractivity contribution < 1.29 is 0 Å². The summed E-state index contributed by atoms with van der Waals surface area (Å²) in [5.41, 5.74) is 0.843. The molecule has 0 atom stereocenters. The highest BCUT2D eigenvalue weighted by Gasteiger charge is 2.04. The van der Waals surface area contributed by atoms with Gasteiger partial charge < -0.3 is 4.98 Å². The van der Waals surface area contributed by atoms with Crippen LogP contribution in [0.1, 0.15) is 6.92 Å². The van der Waals surface area contributed by atoms with Crippen molar-refractivity contribution in [2.45, 2.75) is 11.9 Å². The first-order chi connectivity index (χ1) is 6.31. The van der Waals surface area contributed by atoms with Crippen LogP contribution in [0.25, 0.3) is 11.0 Å². The van der Waals surface area contributed by atoms with E-state index in [1.807, 2.05) is 0 Å². The third-order valence-corrected chi connectivity index (χ3v) is 2.65. The Morgan fingerprint density at radius 3 is 3.23 bits per heavy atom. The second-order valence-corrected chi connectivity index (χ2v) is 4.08. The summed E-state index contributed by atoms with van der Waals surface area (Å²) < 4.78 is 0.493. The third kappa shape index (κ3) is 1.59. The van der Waals surface area contributed by atoms with E-state index >= 15 is 0 Å². The summed E-state index contributed by atoms with van der Waals surface area (Å²) in [7, 11) is 0. The monoisotopic (exact) mass is 212 g/mol. The van der Waals surface area contributed by atoms with Crippen molar-refractivity contribution >= 4 is 35.0 Å². The maximum Gasteiger partial charge on any atom is 0.199 e. The molecule has 13 heavy (non-hydrogen) atoms. The average molecular weight is 212 g/mol. The average Bonchev–Trinajstić information content (AvgIpc) is 2.52. The smallest absolute Gasteiger partial charge is 0.199 e. The molecule has 0 fully saturated rings. The summed E-state index contributed by atoms with van der Waals surface area (Å²) in [6.45, 7) is 2.08. The third-order valence-electron chi connectivity index (χ3n) is 1.59. The van der Waals surface area contributed by atoms with Gasteiger partial charge in [0, 0.05) is 0 Å². The maximum absolute atomic E-state index is 4.98. The van der Waals surface area contributed by atoms with Crippen LogP contribution in [0.3, 0.4) is 0 Å². The number of thioether (sulfide) groups is 1. The van der Waals surface area contributed by atoms with Crippen molar-refractivity contribution in [1.29, 1.82) is 0 Å². The van der Waals surface area contributed by atoms with Crippen LogP contribution < -0.4 is 0 Å². The van der Waals surface area contributed by atoms with Gasteiger partial charge in [0.2, 0.25) is 0 Å². The summed E-state index contributed by atoms with van der Waals surface area (Å²) in [5, 5.41) is 8.70. The van der Waals surface area contributed by atoms with E-state index in [0.29, 0.717) is 4.77 Å². The molecule has 4 nitrogen and oxygen atoms in total. The molecule has 0 aromatic carbocycles. The number of hydrogen-bond acceptors (Lipinski definition) is 4. The van der Waals surface area contributed by atoms with Gasteiger partial charge in [-0.3, -0.25) is 5.10 Å². The molecule has 0 aliphatic rings. The summed E-state index contributed by atoms with van der Waals surface area (Å²) in [5.74, 6) is 0.978. The molecule has 2 rings (SSSR count). The maximum atomic E-state index is 4.98. The van der Waals surface area contributed by atoms with E-state index < -0.39 is 0 Å². The normalized spacial score (nSPS) is 10.8. The van der Waals surface area contributed by atoms with Crippen molar-refractivity contribution in [3.8, 4) is 0 Å². The van der Waals surface area contributed by atoms with Crippen molar-refractivity contribution in [2.24, 2.45) is 0 Å². The fourth-order valence-electron chi connectivity index (χ4n) is 1.08. The van der Waals surface area contributed by atoms with Gasteiger partial charge in [-0.2, -0.15) is 5.10 Å². The molecule has 0 aliphatic heterocycles. The number of aromatic nitrogens is 4. The Morgan fingerprint density at radius 2 is 2.46 bits per heavy atom. The van der Waals surface area contributed by atoms with Gasteiger partial charge in [-0.05, 0) is 18.0 Å². The topological polar surface area (TPSA) is 57.4 Å². The van der Waals surface area contributed by atoms with Crippen LogP contribution in [0.5, 0.6) is 0 Å². The molecule has 0 radical (unpaired) electrons. The predicted molar refractivity (Wildman–Crippen MR) is 55.5 cm³/mol. The number of aromatic amines is 2. The summed E-state index contributed by atoms with van der Waals surface area (Å²) in [6.07, 6.45) is 1.76. The van der Waals surface area contributed by atoms with Gasteiger partial charge in [-0.15, -0.1) is 11.8 Å². The Kier molecular flexibility index (Phi) is 2.32. The van der Waals surface area contributed by atoms with Crippen LogP contribution in [-0.2, 0) is 0 Å². The molecule has 2 N–H and O–H groups in total. The standard InChI is InChI=1S/C7H8N4S2/c1-2-13-6-4-3-8-11-5(4)9-7(12)10-6/h3H,2H2,1H3,(H2,8,9,10,11,12). The Hall–Kier alpha value is -0.880. The number of fused-ring (bicyclic) bond motifs is 1. The quantitative estimate of drug-likeness (QED) is 0.455. The minimum absolute atomic E-state index is 0.493. The lowest BCUT2D eigenvalue weighted by Crippen LogP contribution is -1.87. The summed E-state index contributed by atoms with van der Waals surface area (Å²) >= 11 is 6.65. The van der Waals surface area contributed by atoms with Gasteiger partial charge in [-0.25, -0.2) is 4.98 Å². The molecule has 6 heteroatoms. The van der Waals surface area contributed by atoms with E-state index in [1.54, 1.807) is 18.0 Å². The molecular weight excluding hydrogens is 204 g/mol. The Labute approximate surface area is 84.2 Å². The van der Waals surface area contributed by atoms with Crippen LogP contribution in [-0.4, -0.2) is 25.9 Å². The molecule has 0 unspecified atom stereocenters. The van der Waals surface area contributed by atoms with E-state index in [2.05, 4.69) is 27.1 Å². The molecule has 2 aromatic heterocycles. The van der Waals surface area contributed by atoms with Gasteiger partial charge >= 0.3 is 0 Å². The summed E-state index contributed by atoms with van der Waals surface area (Å²) in [6, 6.07) is 0. The highest BCUT2D eigenvalue weighted by atomic mass is 32.2. The van der Waals surface area contributed by atoms with Gasteiger partial charge in [0.25, 0.3) is 0 Å². The molecule has 0 aliphatic carbocycles. The van der Waals surface area contributed by atoms with Crippen molar-refractivity contribution in [3.63, 3.8) is 0 Å². The number of rotatable bonds is 2. The molecule has 0 saturated heterocycles. The molecule has 0 amide bonds. The second kappa shape index (κ2) is 3.47. The van der Waals surface area contributed by atoms with E-state index in [1.165, 1.54) is 0 Å². The molecule has 2 aromatic rings. The minimum Gasteiger partial charge on any atom is -0.315 e. The molecule has 0 bridgehead atoms. The van der Waals surface area contributed by atoms with Crippen molar-refractivity contribution in [3.05, 3.63) is 11.0 Å². The van der Waals surface area contributed by atoms with Crippen molar-refractivity contribution in [2.75, 3.05) is 5.75 Å². The highest BCUT2D eigenvalue weighted by molar-refractivity contribution is 7.99. The van der Waals surface area contributed by atoms with Gasteiger partial charge in [0.1, 0.15) is 10.7 Å². The molecule has 2 heterocycles. The highest BCUT2D eigenvalue weighted by Crippen LogP contribution is 2.22. The van der Waals surface area contributed by atoms with Crippen LogP contribution in [0.15, 0.2) is 11.2 Å². The van der Waals surface area contributed by atoms with Gasteiger partial charge in [-0.1, -0.05) is 6.92 Å². The van der Waals surface area contributed by atoms with Crippen LogP contribution in [0, 0.1) is 4.77 Å². The first kappa shape index (κ1) is 8.71. The zero-order valence-electron chi connectivity index (χ0n) is 7.00. The van der Waals surface area contributed by atoms with E-state index in [4.69, 9.17) is 12.2 Å². The number of nitrogens with zero attached hydrogens (tertiary/aromatic N) is 2. The fourth-order valence-corrected chi connectivity index (χ4v) is 2.07. The van der Waals surface area contributed by atoms with Crippen LogP contribution >= 0.6 is 24.0 Å². The molecule has 0 saturated carbocycles. The molecule has 68 valence electrons. The van der Waals surface area contributed by atoms with E-state index in [9.17, 15) is 0 Å². The first-order valence-corrected chi connectivity index (χ1v) is 5.27. The largest absolute Gasteiger partial charge is 0.315 e. The van der Waals surface area contributed by atoms with E-state index in [-0.39, 0.29) is 0 Å². The Morgan fingerprint density at radius 1 is 1.62 bits per heavy atom. The fraction of sp³-hybridized carbons (Fsp3) is 0.286. The Bertz CT molecular complexity index is 473. The van der Waals surface area contributed by atoms with Crippen molar-refractivity contribution in [1.82, 2.24) is 20.2 Å². The summed E-state index contributed by atoms with van der Waals surface area (Å²) in [4.78, 5) is 7.17. The van der Waals surface area contributed by atoms with Crippen LogP contribution in [0.4, 0.5) is 0 Å². The molecular formula is C7H8N4S2. The van der Waals surface area contributed by atoms with Gasteiger partial charge in [0.05, 0.1) is 11.6 Å². The SMILES string of the molecule is CCSc1nc(=S)[nH]c2[nH]ncc12. The zero-order chi connectivity index (χ0) is 9.26. The predicted octanol–water partition coefficient (Wildman–Crippen LogP) is 2.13. The van der Waals surface area contributed by atoms with Gasteiger partial charge in [0.15, 0.2) is 4.77 Å². The lowest BCUT2D eigenvalue weighted by Gasteiger charge is -1.97. The molecule has 0 spiro atoms. The lowest BCUT2D eigenvalue weighted by atomic mass is 10.4. The number of nitrogens with one attached hydrogen (secondary N) is 2.